The third-order valence-electron chi connectivity index (χ3n) is 3.94. The van der Waals surface area contributed by atoms with Crippen LogP contribution in [0.1, 0.15) is 11.3 Å². The summed E-state index contributed by atoms with van der Waals surface area (Å²) in [6.45, 7) is 0.544. The summed E-state index contributed by atoms with van der Waals surface area (Å²) in [5.41, 5.74) is 1.98. The number of amides is 1. The van der Waals surface area contributed by atoms with E-state index in [1.54, 1.807) is 34.7 Å². The van der Waals surface area contributed by atoms with Crippen LogP contribution in [0.4, 0.5) is 4.39 Å². The van der Waals surface area contributed by atoms with E-state index in [9.17, 15) is 9.18 Å². The Morgan fingerprint density at radius 2 is 2.04 bits per heavy atom. The van der Waals surface area contributed by atoms with Gasteiger partial charge in [0.25, 0.3) is 5.91 Å². The van der Waals surface area contributed by atoms with Gasteiger partial charge in [0.1, 0.15) is 11.7 Å². The monoisotopic (exact) mass is 352 g/mol. The Kier molecular flexibility index (Phi) is 3.85. The first-order valence-electron chi connectivity index (χ1n) is 7.57. The van der Waals surface area contributed by atoms with Crippen molar-refractivity contribution in [3.63, 3.8) is 0 Å². The van der Waals surface area contributed by atoms with E-state index in [1.165, 1.54) is 23.9 Å². The maximum atomic E-state index is 13.0. The summed E-state index contributed by atoms with van der Waals surface area (Å²) in [4.78, 5) is 17.9. The van der Waals surface area contributed by atoms with E-state index in [0.717, 1.165) is 11.3 Å². The van der Waals surface area contributed by atoms with Crippen LogP contribution >= 0.6 is 11.8 Å². The lowest BCUT2D eigenvalue weighted by Gasteiger charge is -2.22. The van der Waals surface area contributed by atoms with Crippen LogP contribution < -0.4 is 0 Å². The van der Waals surface area contributed by atoms with Gasteiger partial charge in [-0.1, -0.05) is 23.9 Å². The molecular formula is C18H13FN4OS. The number of hydrogen-bond acceptors (Lipinski definition) is 3. The second kappa shape index (κ2) is 6.18. The highest BCUT2D eigenvalue weighted by Gasteiger charge is 2.31. The van der Waals surface area contributed by atoms with Gasteiger partial charge in [0.2, 0.25) is 0 Å². The standard InChI is InChI=1S/C18H13FN4OS/c19-13-5-3-12(4-6-13)11-22-7-1-2-14(22)10-15-16(20)23-8-9-25-18(23)21-17(15)24/h1-10,20H,11H2. The van der Waals surface area contributed by atoms with Crippen LogP contribution in [0.2, 0.25) is 0 Å². The van der Waals surface area contributed by atoms with Gasteiger partial charge in [-0.05, 0) is 41.3 Å². The molecule has 1 N–H and O–H groups in total. The summed E-state index contributed by atoms with van der Waals surface area (Å²) in [5, 5.41) is 10.6. The average molecular weight is 352 g/mol. The van der Waals surface area contributed by atoms with Gasteiger partial charge < -0.3 is 4.57 Å². The van der Waals surface area contributed by atoms with Crippen molar-refractivity contribution in [2.24, 2.45) is 4.99 Å². The SMILES string of the molecule is N=C1C(=Cc2cccn2Cc2ccc(F)cc2)C(=O)N=C2SC=CN12. The number of fused-ring (bicyclic) bond motifs is 1. The maximum absolute atomic E-state index is 13.0. The van der Waals surface area contributed by atoms with Crippen molar-refractivity contribution in [2.75, 3.05) is 0 Å². The minimum absolute atomic E-state index is 0.116. The van der Waals surface area contributed by atoms with Crippen molar-refractivity contribution < 1.29 is 9.18 Å². The lowest BCUT2D eigenvalue weighted by molar-refractivity contribution is -0.114. The summed E-state index contributed by atoms with van der Waals surface area (Å²) in [5.74, 6) is -0.571. The van der Waals surface area contributed by atoms with Gasteiger partial charge >= 0.3 is 0 Å². The Bertz CT molecular complexity index is 956. The Hall–Kier alpha value is -2.93. The van der Waals surface area contributed by atoms with Crippen LogP contribution in [-0.4, -0.2) is 26.4 Å². The second-order valence-electron chi connectivity index (χ2n) is 5.57. The van der Waals surface area contributed by atoms with Gasteiger partial charge in [-0.15, -0.1) is 0 Å². The fourth-order valence-electron chi connectivity index (χ4n) is 2.67. The molecule has 2 aliphatic rings. The zero-order valence-corrected chi connectivity index (χ0v) is 13.8. The number of halogens is 1. The van der Waals surface area contributed by atoms with Crippen molar-refractivity contribution in [3.05, 3.63) is 76.9 Å². The molecule has 2 aromatic rings. The van der Waals surface area contributed by atoms with Crippen LogP contribution in [0.15, 0.2) is 64.8 Å². The third kappa shape index (κ3) is 2.94. The number of amidine groups is 2. The highest BCUT2D eigenvalue weighted by atomic mass is 32.2. The van der Waals surface area contributed by atoms with Crippen LogP contribution in [0.25, 0.3) is 6.08 Å². The Morgan fingerprint density at radius 3 is 2.84 bits per heavy atom. The largest absolute Gasteiger partial charge is 0.344 e. The van der Waals surface area contributed by atoms with Crippen molar-refractivity contribution in [3.8, 4) is 0 Å². The molecule has 1 amide bonds. The molecule has 0 unspecified atom stereocenters. The first-order chi connectivity index (χ1) is 12.1. The number of nitrogens with zero attached hydrogens (tertiary/aromatic N) is 3. The minimum atomic E-state index is -0.415. The number of aliphatic imine (C=N–C) groups is 1. The zero-order valence-electron chi connectivity index (χ0n) is 13.0. The van der Waals surface area contributed by atoms with Crippen LogP contribution in [0.3, 0.4) is 0 Å². The number of nitrogens with one attached hydrogen (secondary N) is 1. The molecule has 1 aromatic carbocycles. The summed E-state index contributed by atoms with van der Waals surface area (Å²) in [7, 11) is 0. The molecule has 25 heavy (non-hydrogen) atoms. The van der Waals surface area contributed by atoms with Crippen molar-refractivity contribution >= 4 is 34.7 Å². The number of carbonyl (C=O) groups excluding carboxylic acids is 1. The molecule has 0 atom stereocenters. The molecule has 0 saturated carbocycles. The smallest absolute Gasteiger partial charge is 0.283 e. The van der Waals surface area contributed by atoms with E-state index >= 15 is 0 Å². The minimum Gasteiger partial charge on any atom is -0.344 e. The summed E-state index contributed by atoms with van der Waals surface area (Å²) >= 11 is 1.32. The summed E-state index contributed by atoms with van der Waals surface area (Å²) in [6, 6.07) is 10.0. The van der Waals surface area contributed by atoms with Crippen molar-refractivity contribution in [2.45, 2.75) is 6.54 Å². The fourth-order valence-corrected chi connectivity index (χ4v) is 3.37. The number of carbonyl (C=O) groups is 1. The van der Waals surface area contributed by atoms with Crippen molar-refractivity contribution in [1.82, 2.24) is 9.47 Å². The van der Waals surface area contributed by atoms with Gasteiger partial charge in [0.15, 0.2) is 5.17 Å². The van der Waals surface area contributed by atoms with Crippen LogP contribution in [0.5, 0.6) is 0 Å². The summed E-state index contributed by atoms with van der Waals surface area (Å²) < 4.78 is 15.0. The number of hydrogen-bond donors (Lipinski definition) is 1. The first-order valence-corrected chi connectivity index (χ1v) is 8.45. The molecule has 4 rings (SSSR count). The Labute approximate surface area is 147 Å². The molecule has 0 bridgehead atoms. The number of aromatic nitrogens is 1. The van der Waals surface area contributed by atoms with E-state index in [2.05, 4.69) is 4.99 Å². The van der Waals surface area contributed by atoms with Crippen molar-refractivity contribution in [1.29, 1.82) is 5.41 Å². The fraction of sp³-hybridized carbons (Fsp3) is 0.0556. The van der Waals surface area contributed by atoms with E-state index < -0.39 is 5.91 Å². The topological polar surface area (TPSA) is 61.5 Å². The van der Waals surface area contributed by atoms with Gasteiger partial charge in [-0.25, -0.2) is 4.39 Å². The predicted molar refractivity (Wildman–Crippen MR) is 96.6 cm³/mol. The molecule has 0 fully saturated rings. The van der Waals surface area contributed by atoms with E-state index in [1.807, 2.05) is 22.9 Å². The highest BCUT2D eigenvalue weighted by molar-refractivity contribution is 8.16. The lowest BCUT2D eigenvalue weighted by atomic mass is 10.1. The summed E-state index contributed by atoms with van der Waals surface area (Å²) in [6.07, 6.45) is 5.28. The molecule has 0 spiro atoms. The number of rotatable bonds is 3. The molecule has 1 aromatic heterocycles. The lowest BCUT2D eigenvalue weighted by Crippen LogP contribution is -2.35. The highest BCUT2D eigenvalue weighted by Crippen LogP contribution is 2.27. The molecular weight excluding hydrogens is 339 g/mol. The maximum Gasteiger partial charge on any atom is 0.283 e. The molecule has 3 heterocycles. The van der Waals surface area contributed by atoms with E-state index in [-0.39, 0.29) is 17.2 Å². The molecule has 5 nitrogen and oxygen atoms in total. The molecule has 0 radical (unpaired) electrons. The number of thioether (sulfide) groups is 1. The van der Waals surface area contributed by atoms with Crippen LogP contribution in [-0.2, 0) is 11.3 Å². The van der Waals surface area contributed by atoms with Gasteiger partial charge in [0, 0.05) is 24.6 Å². The number of benzene rings is 1. The van der Waals surface area contributed by atoms with Gasteiger partial charge in [-0.2, -0.15) is 4.99 Å². The molecule has 0 saturated heterocycles. The Balaban J connectivity index is 1.65. The molecule has 0 aliphatic carbocycles. The zero-order chi connectivity index (χ0) is 17.4. The molecule has 7 heteroatoms. The second-order valence-corrected chi connectivity index (χ2v) is 6.44. The third-order valence-corrected chi connectivity index (χ3v) is 4.69. The Morgan fingerprint density at radius 1 is 1.24 bits per heavy atom. The van der Waals surface area contributed by atoms with Gasteiger partial charge in [-0.3, -0.25) is 15.1 Å². The van der Waals surface area contributed by atoms with Gasteiger partial charge in [0.05, 0.1) is 5.57 Å². The molecule has 124 valence electrons. The average Bonchev–Trinajstić information content (AvgIpc) is 3.23. The van der Waals surface area contributed by atoms with Crippen LogP contribution in [0, 0.1) is 11.2 Å². The first kappa shape index (κ1) is 15.6. The van der Waals surface area contributed by atoms with E-state index in [4.69, 9.17) is 5.41 Å². The molecule has 2 aliphatic heterocycles. The van der Waals surface area contributed by atoms with E-state index in [0.29, 0.717) is 11.7 Å². The predicted octanol–water partition coefficient (Wildman–Crippen LogP) is 3.45. The quantitative estimate of drug-likeness (QED) is 0.861. The normalized spacial score (nSPS) is 18.0.